The van der Waals surface area contributed by atoms with Crippen LogP contribution in [0.2, 0.25) is 0 Å². The Kier molecular flexibility index (Phi) is 5.62. The van der Waals surface area contributed by atoms with Gasteiger partial charge in [-0.2, -0.15) is 4.31 Å². The van der Waals surface area contributed by atoms with E-state index in [1.807, 2.05) is 6.92 Å². The van der Waals surface area contributed by atoms with Gasteiger partial charge < -0.3 is 10.4 Å². The highest BCUT2D eigenvalue weighted by molar-refractivity contribution is 7.89. The van der Waals surface area contributed by atoms with E-state index >= 15 is 0 Å². The fraction of sp³-hybridized carbons (Fsp3) is 0.929. The van der Waals surface area contributed by atoms with Crippen molar-refractivity contribution in [3.05, 3.63) is 0 Å². The summed E-state index contributed by atoms with van der Waals surface area (Å²) >= 11 is 0. The normalized spacial score (nSPS) is 30.7. The van der Waals surface area contributed by atoms with Crippen LogP contribution in [0.4, 0.5) is 0 Å². The maximum atomic E-state index is 12.3. The van der Waals surface area contributed by atoms with Crippen LogP contribution in [0.25, 0.3) is 0 Å². The Labute approximate surface area is 126 Å². The van der Waals surface area contributed by atoms with Gasteiger partial charge in [-0.3, -0.25) is 4.79 Å². The summed E-state index contributed by atoms with van der Waals surface area (Å²) in [5, 5.41) is 12.4. The first-order chi connectivity index (χ1) is 9.94. The Balaban J connectivity index is 1.89. The minimum atomic E-state index is -3.32. The van der Waals surface area contributed by atoms with Crippen LogP contribution in [0.5, 0.6) is 0 Å². The summed E-state index contributed by atoms with van der Waals surface area (Å²) < 4.78 is 25.7. The summed E-state index contributed by atoms with van der Waals surface area (Å²) in [4.78, 5) is 12.3. The third-order valence-corrected chi connectivity index (χ3v) is 6.48. The van der Waals surface area contributed by atoms with E-state index in [2.05, 4.69) is 5.32 Å². The third-order valence-electron chi connectivity index (χ3n) is 4.40. The molecule has 2 fully saturated rings. The molecule has 0 radical (unpaired) electrons. The van der Waals surface area contributed by atoms with Crippen molar-refractivity contribution in [1.29, 1.82) is 0 Å². The van der Waals surface area contributed by atoms with Gasteiger partial charge >= 0.3 is 0 Å². The predicted octanol–water partition coefficient (Wildman–Crippen LogP) is 0.468. The molecule has 0 spiro atoms. The number of sulfonamides is 1. The summed E-state index contributed by atoms with van der Waals surface area (Å²) in [5.41, 5.74) is 0. The highest BCUT2D eigenvalue weighted by atomic mass is 32.2. The van der Waals surface area contributed by atoms with Crippen LogP contribution >= 0.6 is 0 Å². The van der Waals surface area contributed by atoms with Crippen LogP contribution in [-0.4, -0.2) is 54.7 Å². The molecule has 1 saturated heterocycles. The van der Waals surface area contributed by atoms with E-state index in [4.69, 9.17) is 0 Å². The molecule has 0 aromatic rings. The monoisotopic (exact) mass is 318 g/mol. The molecule has 2 rings (SSSR count). The van der Waals surface area contributed by atoms with Crippen molar-refractivity contribution < 1.29 is 18.3 Å². The number of hydrogen-bond donors (Lipinski definition) is 2. The molecule has 6 nitrogen and oxygen atoms in total. The van der Waals surface area contributed by atoms with E-state index in [1.54, 1.807) is 0 Å². The van der Waals surface area contributed by atoms with Crippen molar-refractivity contribution in [2.75, 3.05) is 18.8 Å². The SMILES string of the molecule is CCCS(=O)(=O)N1CCCC1C(=O)NCC1CCC(O)C1. The number of carbonyl (C=O) groups excluding carboxylic acids is 1. The average Bonchev–Trinajstić information content (AvgIpc) is 3.04. The van der Waals surface area contributed by atoms with Crippen molar-refractivity contribution in [3.63, 3.8) is 0 Å². The zero-order valence-electron chi connectivity index (χ0n) is 12.6. The van der Waals surface area contributed by atoms with Crippen LogP contribution in [0.15, 0.2) is 0 Å². The highest BCUT2D eigenvalue weighted by Crippen LogP contribution is 2.25. The molecule has 1 heterocycles. The molecule has 2 N–H and O–H groups in total. The second-order valence-electron chi connectivity index (χ2n) is 6.16. The molecule has 3 unspecified atom stereocenters. The van der Waals surface area contributed by atoms with Crippen LogP contribution in [-0.2, 0) is 14.8 Å². The van der Waals surface area contributed by atoms with Gasteiger partial charge in [0, 0.05) is 13.1 Å². The fourth-order valence-electron chi connectivity index (χ4n) is 3.31. The number of amides is 1. The van der Waals surface area contributed by atoms with E-state index in [1.165, 1.54) is 4.31 Å². The molecule has 21 heavy (non-hydrogen) atoms. The largest absolute Gasteiger partial charge is 0.393 e. The van der Waals surface area contributed by atoms with Gasteiger partial charge in [0.1, 0.15) is 6.04 Å². The van der Waals surface area contributed by atoms with Crippen LogP contribution < -0.4 is 5.32 Å². The summed E-state index contributed by atoms with van der Waals surface area (Å²) in [6, 6.07) is -0.548. The molecule has 0 bridgehead atoms. The van der Waals surface area contributed by atoms with E-state index < -0.39 is 16.1 Å². The van der Waals surface area contributed by atoms with Gasteiger partial charge in [0.2, 0.25) is 15.9 Å². The van der Waals surface area contributed by atoms with Crippen LogP contribution in [0, 0.1) is 5.92 Å². The molecule has 1 aliphatic carbocycles. The van der Waals surface area contributed by atoms with E-state index in [0.717, 1.165) is 25.7 Å². The molecule has 1 aliphatic heterocycles. The standard InChI is InChI=1S/C14H26N2O4S/c1-2-8-21(19,20)16-7-3-4-13(16)14(18)15-10-11-5-6-12(17)9-11/h11-13,17H,2-10H2,1H3,(H,15,18). The quantitative estimate of drug-likeness (QED) is 0.745. The van der Waals surface area contributed by atoms with Gasteiger partial charge in [-0.05, 0) is 44.4 Å². The Hall–Kier alpha value is -0.660. The van der Waals surface area contributed by atoms with Gasteiger partial charge in [-0.1, -0.05) is 6.92 Å². The topological polar surface area (TPSA) is 86.7 Å². The summed E-state index contributed by atoms with van der Waals surface area (Å²) in [6.07, 6.45) is 4.09. The molecule has 3 atom stereocenters. The summed E-state index contributed by atoms with van der Waals surface area (Å²) in [7, 11) is -3.32. The third kappa shape index (κ3) is 4.17. The Bertz CT molecular complexity index is 466. The van der Waals surface area contributed by atoms with Gasteiger partial charge in [0.15, 0.2) is 0 Å². The fourth-order valence-corrected chi connectivity index (χ4v) is 5.05. The molecule has 0 aromatic heterocycles. The number of carbonyl (C=O) groups is 1. The van der Waals surface area contributed by atoms with E-state index in [9.17, 15) is 18.3 Å². The van der Waals surface area contributed by atoms with Gasteiger partial charge in [-0.25, -0.2) is 8.42 Å². The second kappa shape index (κ2) is 7.07. The Morgan fingerprint density at radius 3 is 2.71 bits per heavy atom. The Morgan fingerprint density at radius 1 is 1.33 bits per heavy atom. The lowest BCUT2D eigenvalue weighted by Crippen LogP contribution is -2.47. The Morgan fingerprint density at radius 2 is 2.10 bits per heavy atom. The molecule has 0 aromatic carbocycles. The highest BCUT2D eigenvalue weighted by Gasteiger charge is 2.38. The lowest BCUT2D eigenvalue weighted by atomic mass is 10.1. The minimum Gasteiger partial charge on any atom is -0.393 e. The van der Waals surface area contributed by atoms with Crippen molar-refractivity contribution in [1.82, 2.24) is 9.62 Å². The second-order valence-corrected chi connectivity index (χ2v) is 8.20. The summed E-state index contributed by atoms with van der Waals surface area (Å²) in [5.74, 6) is 0.227. The minimum absolute atomic E-state index is 0.103. The lowest BCUT2D eigenvalue weighted by Gasteiger charge is -2.23. The first-order valence-electron chi connectivity index (χ1n) is 7.89. The van der Waals surface area contributed by atoms with E-state index in [-0.39, 0.29) is 17.8 Å². The van der Waals surface area contributed by atoms with Crippen molar-refractivity contribution >= 4 is 15.9 Å². The summed E-state index contributed by atoms with van der Waals surface area (Å²) in [6.45, 7) is 2.81. The maximum Gasteiger partial charge on any atom is 0.238 e. The average molecular weight is 318 g/mol. The number of nitrogens with zero attached hydrogens (tertiary/aromatic N) is 1. The van der Waals surface area contributed by atoms with Gasteiger partial charge in [0.05, 0.1) is 11.9 Å². The van der Waals surface area contributed by atoms with Crippen molar-refractivity contribution in [2.45, 2.75) is 57.6 Å². The van der Waals surface area contributed by atoms with Crippen molar-refractivity contribution in [3.8, 4) is 0 Å². The molecule has 1 amide bonds. The molecule has 122 valence electrons. The number of rotatable bonds is 6. The first-order valence-corrected chi connectivity index (χ1v) is 9.50. The number of hydrogen-bond acceptors (Lipinski definition) is 4. The smallest absolute Gasteiger partial charge is 0.238 e. The maximum absolute atomic E-state index is 12.3. The molecule has 2 aliphatic rings. The molecule has 1 saturated carbocycles. The molecular formula is C14H26N2O4S. The van der Waals surface area contributed by atoms with Crippen molar-refractivity contribution in [2.24, 2.45) is 5.92 Å². The van der Waals surface area contributed by atoms with Crippen LogP contribution in [0.3, 0.4) is 0 Å². The van der Waals surface area contributed by atoms with Gasteiger partial charge in [0.25, 0.3) is 0 Å². The first kappa shape index (κ1) is 16.7. The molecular weight excluding hydrogens is 292 g/mol. The van der Waals surface area contributed by atoms with E-state index in [0.29, 0.717) is 31.8 Å². The molecule has 7 heteroatoms. The van der Waals surface area contributed by atoms with Crippen LogP contribution in [0.1, 0.15) is 45.4 Å². The number of aliphatic hydroxyl groups excluding tert-OH is 1. The lowest BCUT2D eigenvalue weighted by molar-refractivity contribution is -0.124. The number of aliphatic hydroxyl groups is 1. The zero-order chi connectivity index (χ0) is 15.5. The zero-order valence-corrected chi connectivity index (χ0v) is 13.4. The van der Waals surface area contributed by atoms with Gasteiger partial charge in [-0.15, -0.1) is 0 Å². The predicted molar refractivity (Wildman–Crippen MR) is 80.2 cm³/mol. The number of nitrogens with one attached hydrogen (secondary N) is 1.